The van der Waals surface area contributed by atoms with E-state index in [-0.39, 0.29) is 17.2 Å². The highest BCUT2D eigenvalue weighted by atomic mass is 16.2. The lowest BCUT2D eigenvalue weighted by atomic mass is 9.96. The van der Waals surface area contributed by atoms with Crippen LogP contribution < -0.4 is 10.6 Å². The molecule has 0 bridgehead atoms. The average molecular weight is 348 g/mol. The van der Waals surface area contributed by atoms with E-state index in [2.05, 4.69) is 41.6 Å². The number of carbonyl (C=O) groups excluding carboxylic acids is 2. The average Bonchev–Trinajstić information content (AvgIpc) is 2.56. The van der Waals surface area contributed by atoms with Gasteiger partial charge in [-0.15, -0.1) is 0 Å². The molecule has 1 aromatic rings. The Balaban J connectivity index is 2.30. The lowest BCUT2D eigenvalue weighted by Gasteiger charge is -2.17. The lowest BCUT2D eigenvalue weighted by Crippen LogP contribution is -2.35. The molecule has 1 aromatic carbocycles. The summed E-state index contributed by atoms with van der Waals surface area (Å²) >= 11 is 0. The number of benzene rings is 1. The number of nitrogens with zero attached hydrogens (tertiary/aromatic N) is 1. The summed E-state index contributed by atoms with van der Waals surface area (Å²) in [6, 6.07) is 8.30. The van der Waals surface area contributed by atoms with E-state index in [1.54, 1.807) is 0 Å². The fraction of sp³-hybridized carbons (Fsp3) is 0.600. The van der Waals surface area contributed by atoms with Gasteiger partial charge in [-0.2, -0.15) is 0 Å². The minimum absolute atomic E-state index is 0.0149. The third kappa shape index (κ3) is 8.68. The molecule has 25 heavy (non-hydrogen) atoms. The van der Waals surface area contributed by atoms with Gasteiger partial charge in [-0.05, 0) is 31.1 Å². The Morgan fingerprint density at radius 2 is 1.80 bits per heavy atom. The van der Waals surface area contributed by atoms with Crippen molar-refractivity contribution in [2.45, 2.75) is 53.6 Å². The number of rotatable bonds is 9. The van der Waals surface area contributed by atoms with Crippen LogP contribution in [0, 0.1) is 5.41 Å². The van der Waals surface area contributed by atoms with Crippen molar-refractivity contribution in [3.63, 3.8) is 0 Å². The molecule has 0 aliphatic heterocycles. The molecule has 0 unspecified atom stereocenters. The van der Waals surface area contributed by atoms with Crippen LogP contribution in [0.4, 0.5) is 0 Å². The van der Waals surface area contributed by atoms with Crippen molar-refractivity contribution in [1.82, 2.24) is 15.5 Å². The lowest BCUT2D eigenvalue weighted by molar-refractivity contribution is -0.128. The van der Waals surface area contributed by atoms with Crippen LogP contribution in [-0.2, 0) is 22.7 Å². The molecule has 0 aliphatic rings. The zero-order valence-electron chi connectivity index (χ0n) is 16.3. The molecule has 0 aromatic heterocycles. The first-order chi connectivity index (χ1) is 11.7. The number of carbonyl (C=O) groups is 2. The third-order valence-electron chi connectivity index (χ3n) is 4.02. The maximum Gasteiger partial charge on any atom is 0.225 e. The zero-order chi connectivity index (χ0) is 18.9. The van der Waals surface area contributed by atoms with Gasteiger partial charge < -0.3 is 15.5 Å². The molecule has 0 saturated heterocycles. The quantitative estimate of drug-likeness (QED) is 0.675. The van der Waals surface area contributed by atoms with Crippen molar-refractivity contribution in [1.29, 1.82) is 0 Å². The molecule has 140 valence electrons. The SMILES string of the molecule is CCN(C)Cc1cccc(CNC(=O)CCCNC(=O)C(C)(C)C)c1. The Bertz CT molecular complexity index is 564. The van der Waals surface area contributed by atoms with E-state index in [4.69, 9.17) is 0 Å². The fourth-order valence-electron chi connectivity index (χ4n) is 2.27. The highest BCUT2D eigenvalue weighted by Crippen LogP contribution is 2.12. The van der Waals surface area contributed by atoms with Crippen LogP contribution in [0.2, 0.25) is 0 Å². The Labute approximate surface area is 152 Å². The van der Waals surface area contributed by atoms with Crippen LogP contribution >= 0.6 is 0 Å². The van der Waals surface area contributed by atoms with Crippen LogP contribution in [-0.4, -0.2) is 36.9 Å². The van der Waals surface area contributed by atoms with E-state index in [0.29, 0.717) is 25.9 Å². The van der Waals surface area contributed by atoms with Gasteiger partial charge in [0, 0.05) is 31.5 Å². The molecule has 0 heterocycles. The molecule has 5 heteroatoms. The molecule has 5 nitrogen and oxygen atoms in total. The standard InChI is InChI=1S/C20H33N3O2/c1-6-23(5)15-17-10-7-9-16(13-17)14-22-18(24)11-8-12-21-19(25)20(2,3)4/h7,9-10,13H,6,8,11-12,14-15H2,1-5H3,(H,21,25)(H,22,24). The summed E-state index contributed by atoms with van der Waals surface area (Å²) in [5, 5.41) is 5.81. The fourth-order valence-corrected chi connectivity index (χ4v) is 2.27. The second-order valence-electron chi connectivity index (χ2n) is 7.54. The smallest absolute Gasteiger partial charge is 0.225 e. The van der Waals surface area contributed by atoms with Crippen LogP contribution in [0.15, 0.2) is 24.3 Å². The monoisotopic (exact) mass is 347 g/mol. The van der Waals surface area contributed by atoms with Gasteiger partial charge in [-0.25, -0.2) is 0 Å². The predicted molar refractivity (Wildman–Crippen MR) is 102 cm³/mol. The molecule has 1 rings (SSSR count). The summed E-state index contributed by atoms with van der Waals surface area (Å²) in [6.45, 7) is 10.7. The van der Waals surface area contributed by atoms with Gasteiger partial charge in [0.2, 0.25) is 11.8 Å². The van der Waals surface area contributed by atoms with E-state index in [0.717, 1.165) is 18.7 Å². The Morgan fingerprint density at radius 1 is 1.12 bits per heavy atom. The molecule has 0 saturated carbocycles. The summed E-state index contributed by atoms with van der Waals surface area (Å²) < 4.78 is 0. The van der Waals surface area contributed by atoms with Crippen LogP contribution in [0.1, 0.15) is 51.7 Å². The first-order valence-corrected chi connectivity index (χ1v) is 9.03. The Morgan fingerprint density at radius 3 is 2.44 bits per heavy atom. The molecular weight excluding hydrogens is 314 g/mol. The van der Waals surface area contributed by atoms with Crippen molar-refractivity contribution in [2.75, 3.05) is 20.1 Å². The number of nitrogens with one attached hydrogen (secondary N) is 2. The van der Waals surface area contributed by atoms with Crippen molar-refractivity contribution in [3.05, 3.63) is 35.4 Å². The van der Waals surface area contributed by atoms with Gasteiger partial charge in [-0.3, -0.25) is 9.59 Å². The Kier molecular flexibility index (Phi) is 8.62. The van der Waals surface area contributed by atoms with Gasteiger partial charge in [-0.1, -0.05) is 52.0 Å². The molecule has 0 atom stereocenters. The van der Waals surface area contributed by atoms with Crippen molar-refractivity contribution < 1.29 is 9.59 Å². The maximum atomic E-state index is 11.9. The summed E-state index contributed by atoms with van der Waals surface area (Å²) in [4.78, 5) is 25.9. The minimum atomic E-state index is -0.390. The highest BCUT2D eigenvalue weighted by Gasteiger charge is 2.20. The third-order valence-corrected chi connectivity index (χ3v) is 4.02. The largest absolute Gasteiger partial charge is 0.356 e. The van der Waals surface area contributed by atoms with Crippen LogP contribution in [0.3, 0.4) is 0 Å². The van der Waals surface area contributed by atoms with Gasteiger partial charge in [0.1, 0.15) is 0 Å². The van der Waals surface area contributed by atoms with E-state index >= 15 is 0 Å². The topological polar surface area (TPSA) is 61.4 Å². The number of hydrogen-bond acceptors (Lipinski definition) is 3. The van der Waals surface area contributed by atoms with Crippen molar-refractivity contribution >= 4 is 11.8 Å². The van der Waals surface area contributed by atoms with Crippen molar-refractivity contribution in [2.24, 2.45) is 5.41 Å². The van der Waals surface area contributed by atoms with Crippen molar-refractivity contribution in [3.8, 4) is 0 Å². The minimum Gasteiger partial charge on any atom is -0.356 e. The molecular formula is C20H33N3O2. The summed E-state index contributed by atoms with van der Waals surface area (Å²) in [6.07, 6.45) is 1.07. The maximum absolute atomic E-state index is 11.9. The molecule has 0 spiro atoms. The van der Waals surface area contributed by atoms with E-state index < -0.39 is 0 Å². The first kappa shape index (κ1) is 21.2. The van der Waals surface area contributed by atoms with E-state index in [1.165, 1.54) is 5.56 Å². The molecule has 0 fully saturated rings. The Hall–Kier alpha value is -1.88. The van der Waals surface area contributed by atoms with E-state index in [1.807, 2.05) is 32.9 Å². The molecule has 0 radical (unpaired) electrons. The van der Waals surface area contributed by atoms with Crippen LogP contribution in [0.25, 0.3) is 0 Å². The van der Waals surface area contributed by atoms with Gasteiger partial charge in [0.05, 0.1) is 0 Å². The second-order valence-corrected chi connectivity index (χ2v) is 7.54. The second kappa shape index (κ2) is 10.2. The molecule has 0 aliphatic carbocycles. The highest BCUT2D eigenvalue weighted by molar-refractivity contribution is 5.81. The summed E-state index contributed by atoms with van der Waals surface area (Å²) in [7, 11) is 2.09. The summed E-state index contributed by atoms with van der Waals surface area (Å²) in [5.74, 6) is 0.0304. The van der Waals surface area contributed by atoms with E-state index in [9.17, 15) is 9.59 Å². The van der Waals surface area contributed by atoms with Gasteiger partial charge >= 0.3 is 0 Å². The summed E-state index contributed by atoms with van der Waals surface area (Å²) in [5.41, 5.74) is 1.97. The van der Waals surface area contributed by atoms with Gasteiger partial charge in [0.25, 0.3) is 0 Å². The number of amides is 2. The zero-order valence-corrected chi connectivity index (χ0v) is 16.3. The predicted octanol–water partition coefficient (Wildman–Crippen LogP) is 2.70. The van der Waals surface area contributed by atoms with Gasteiger partial charge in [0.15, 0.2) is 0 Å². The first-order valence-electron chi connectivity index (χ1n) is 9.03. The van der Waals surface area contributed by atoms with Crippen LogP contribution in [0.5, 0.6) is 0 Å². The molecule has 2 N–H and O–H groups in total. The molecule has 2 amide bonds. The number of hydrogen-bond donors (Lipinski definition) is 2. The normalized spacial score (nSPS) is 11.4.